The zero-order chi connectivity index (χ0) is 21.6. The van der Waals surface area contributed by atoms with Gasteiger partial charge in [0.05, 0.1) is 5.75 Å². The number of halogens is 1. The Morgan fingerprint density at radius 2 is 1.84 bits per heavy atom. The molecule has 158 valence electrons. The molecule has 0 spiro atoms. The van der Waals surface area contributed by atoms with Crippen molar-refractivity contribution >= 4 is 45.7 Å². The monoisotopic (exact) mass is 452 g/mol. The van der Waals surface area contributed by atoms with E-state index in [1.54, 1.807) is 12.1 Å². The Labute approximate surface area is 189 Å². The van der Waals surface area contributed by atoms with Crippen molar-refractivity contribution in [1.29, 1.82) is 0 Å². The lowest BCUT2D eigenvalue weighted by Gasteiger charge is -2.10. The van der Waals surface area contributed by atoms with E-state index in [-0.39, 0.29) is 18.3 Å². The maximum absolute atomic E-state index is 12.5. The number of carbonyl (C=O) groups excluding carboxylic acids is 1. The van der Waals surface area contributed by atoms with Crippen LogP contribution in [0.1, 0.15) is 12.7 Å². The second-order valence-electron chi connectivity index (χ2n) is 6.75. The standard InChI is InChI=1S/C23H21ClN4O2S/c1-2-28-21(14-30-18-12-10-17(24)11-13-18)26-27-23(28)31-15-22(29)25-20-9-5-7-16-6-3-4-8-19(16)20/h3-13H,2,14-15H2,1H3,(H,25,29). The Balaban J connectivity index is 1.37. The van der Waals surface area contributed by atoms with Gasteiger partial charge in [-0.15, -0.1) is 10.2 Å². The number of hydrogen-bond acceptors (Lipinski definition) is 5. The van der Waals surface area contributed by atoms with Gasteiger partial charge in [-0.05, 0) is 42.6 Å². The SMILES string of the molecule is CCn1c(COc2ccc(Cl)cc2)nnc1SCC(=O)Nc1cccc2ccccc12. The van der Waals surface area contributed by atoms with Gasteiger partial charge in [-0.25, -0.2) is 0 Å². The lowest BCUT2D eigenvalue weighted by Crippen LogP contribution is -2.15. The summed E-state index contributed by atoms with van der Waals surface area (Å²) >= 11 is 7.26. The molecular formula is C23H21ClN4O2S. The molecule has 6 nitrogen and oxygen atoms in total. The maximum Gasteiger partial charge on any atom is 0.234 e. The topological polar surface area (TPSA) is 69.0 Å². The lowest BCUT2D eigenvalue weighted by atomic mass is 10.1. The van der Waals surface area contributed by atoms with E-state index < -0.39 is 0 Å². The van der Waals surface area contributed by atoms with E-state index in [0.717, 1.165) is 16.5 Å². The largest absolute Gasteiger partial charge is 0.486 e. The molecule has 1 amide bonds. The third-order valence-electron chi connectivity index (χ3n) is 4.69. The van der Waals surface area contributed by atoms with Crippen LogP contribution in [-0.2, 0) is 17.9 Å². The van der Waals surface area contributed by atoms with Crippen LogP contribution in [0.15, 0.2) is 71.9 Å². The van der Waals surface area contributed by atoms with Gasteiger partial charge in [0, 0.05) is 22.6 Å². The van der Waals surface area contributed by atoms with Crippen LogP contribution in [0.3, 0.4) is 0 Å². The van der Waals surface area contributed by atoms with Crippen LogP contribution < -0.4 is 10.1 Å². The summed E-state index contributed by atoms with van der Waals surface area (Å²) in [6, 6.07) is 21.0. The van der Waals surface area contributed by atoms with Gasteiger partial charge in [-0.1, -0.05) is 59.8 Å². The molecule has 1 N–H and O–H groups in total. The second-order valence-corrected chi connectivity index (χ2v) is 8.13. The van der Waals surface area contributed by atoms with E-state index in [1.807, 2.05) is 66.1 Å². The third-order valence-corrected chi connectivity index (χ3v) is 5.91. The van der Waals surface area contributed by atoms with Gasteiger partial charge < -0.3 is 14.6 Å². The summed E-state index contributed by atoms with van der Waals surface area (Å²) in [6.07, 6.45) is 0. The predicted octanol–water partition coefficient (Wildman–Crippen LogP) is 5.41. The predicted molar refractivity (Wildman–Crippen MR) is 125 cm³/mol. The molecule has 4 aromatic rings. The van der Waals surface area contributed by atoms with Crippen molar-refractivity contribution in [3.63, 3.8) is 0 Å². The molecule has 0 atom stereocenters. The van der Waals surface area contributed by atoms with Crippen molar-refractivity contribution in [3.05, 3.63) is 77.6 Å². The number of aromatic nitrogens is 3. The summed E-state index contributed by atoms with van der Waals surface area (Å²) in [4.78, 5) is 12.5. The number of carbonyl (C=O) groups is 1. The molecule has 0 aliphatic heterocycles. The highest BCUT2D eigenvalue weighted by Crippen LogP contribution is 2.24. The highest BCUT2D eigenvalue weighted by molar-refractivity contribution is 7.99. The average molecular weight is 453 g/mol. The van der Waals surface area contributed by atoms with E-state index in [4.69, 9.17) is 16.3 Å². The highest BCUT2D eigenvalue weighted by Gasteiger charge is 2.14. The molecule has 31 heavy (non-hydrogen) atoms. The fourth-order valence-corrected chi connectivity index (χ4v) is 4.13. The van der Waals surface area contributed by atoms with Crippen molar-refractivity contribution in [2.24, 2.45) is 0 Å². The van der Waals surface area contributed by atoms with E-state index in [1.165, 1.54) is 11.8 Å². The molecule has 4 rings (SSSR count). The van der Waals surface area contributed by atoms with Gasteiger partial charge in [-0.3, -0.25) is 4.79 Å². The zero-order valence-corrected chi connectivity index (χ0v) is 18.5. The zero-order valence-electron chi connectivity index (χ0n) is 16.9. The first kappa shape index (κ1) is 21.2. The molecule has 3 aromatic carbocycles. The summed E-state index contributed by atoms with van der Waals surface area (Å²) in [7, 11) is 0. The minimum Gasteiger partial charge on any atom is -0.486 e. The number of benzene rings is 3. The van der Waals surface area contributed by atoms with Crippen molar-refractivity contribution in [1.82, 2.24) is 14.8 Å². The minimum atomic E-state index is -0.0917. The number of thioether (sulfide) groups is 1. The Hall–Kier alpha value is -3.03. The number of nitrogens with one attached hydrogen (secondary N) is 1. The van der Waals surface area contributed by atoms with Gasteiger partial charge >= 0.3 is 0 Å². The van der Waals surface area contributed by atoms with Gasteiger partial charge in [0.25, 0.3) is 0 Å². The van der Waals surface area contributed by atoms with Crippen LogP contribution in [0.25, 0.3) is 10.8 Å². The molecule has 0 bridgehead atoms. The molecule has 1 aromatic heterocycles. The fraction of sp³-hybridized carbons (Fsp3) is 0.174. The van der Waals surface area contributed by atoms with Gasteiger partial charge in [0.1, 0.15) is 12.4 Å². The molecule has 0 saturated heterocycles. The van der Waals surface area contributed by atoms with Crippen LogP contribution in [0.2, 0.25) is 5.02 Å². The number of amides is 1. The Bertz CT molecular complexity index is 1190. The number of hydrogen-bond donors (Lipinski definition) is 1. The van der Waals surface area contributed by atoms with Crippen LogP contribution in [0.5, 0.6) is 5.75 Å². The van der Waals surface area contributed by atoms with Gasteiger partial charge in [0.2, 0.25) is 5.91 Å². The molecule has 0 aliphatic rings. The molecular weight excluding hydrogens is 432 g/mol. The molecule has 0 saturated carbocycles. The van der Waals surface area contributed by atoms with Crippen molar-refractivity contribution < 1.29 is 9.53 Å². The second kappa shape index (κ2) is 9.85. The van der Waals surface area contributed by atoms with E-state index in [2.05, 4.69) is 15.5 Å². The fourth-order valence-electron chi connectivity index (χ4n) is 3.18. The average Bonchev–Trinajstić information content (AvgIpc) is 3.19. The molecule has 0 fully saturated rings. The number of anilines is 1. The summed E-state index contributed by atoms with van der Waals surface area (Å²) in [5, 5.41) is 14.9. The summed E-state index contributed by atoms with van der Waals surface area (Å²) in [5.41, 5.74) is 0.803. The van der Waals surface area contributed by atoms with E-state index >= 15 is 0 Å². The third kappa shape index (κ3) is 5.18. The normalized spacial score (nSPS) is 10.9. The van der Waals surface area contributed by atoms with Crippen LogP contribution in [0.4, 0.5) is 5.69 Å². The number of rotatable bonds is 8. The van der Waals surface area contributed by atoms with Crippen molar-refractivity contribution in [2.45, 2.75) is 25.2 Å². The molecule has 0 unspecified atom stereocenters. The summed E-state index contributed by atoms with van der Waals surface area (Å²) in [5.74, 6) is 1.55. The number of ether oxygens (including phenoxy) is 1. The van der Waals surface area contributed by atoms with Crippen LogP contribution in [-0.4, -0.2) is 26.4 Å². The summed E-state index contributed by atoms with van der Waals surface area (Å²) < 4.78 is 7.73. The lowest BCUT2D eigenvalue weighted by molar-refractivity contribution is -0.113. The summed E-state index contributed by atoms with van der Waals surface area (Å²) in [6.45, 7) is 2.97. The van der Waals surface area contributed by atoms with Gasteiger partial charge in [0.15, 0.2) is 11.0 Å². The van der Waals surface area contributed by atoms with Gasteiger partial charge in [-0.2, -0.15) is 0 Å². The number of nitrogens with zero attached hydrogens (tertiary/aromatic N) is 3. The smallest absolute Gasteiger partial charge is 0.234 e. The van der Waals surface area contributed by atoms with Crippen LogP contribution in [0, 0.1) is 0 Å². The Morgan fingerprint density at radius 3 is 2.65 bits per heavy atom. The molecule has 0 radical (unpaired) electrons. The Morgan fingerprint density at radius 1 is 1.06 bits per heavy atom. The number of fused-ring (bicyclic) bond motifs is 1. The van der Waals surface area contributed by atoms with E-state index in [9.17, 15) is 4.79 Å². The maximum atomic E-state index is 12.5. The first-order valence-electron chi connectivity index (χ1n) is 9.85. The van der Waals surface area contributed by atoms with Crippen LogP contribution >= 0.6 is 23.4 Å². The quantitative estimate of drug-likeness (QED) is 0.362. The molecule has 0 aliphatic carbocycles. The van der Waals surface area contributed by atoms with Crippen molar-refractivity contribution in [2.75, 3.05) is 11.1 Å². The Kier molecular flexibility index (Phi) is 6.74. The highest BCUT2D eigenvalue weighted by atomic mass is 35.5. The molecule has 8 heteroatoms. The first-order valence-corrected chi connectivity index (χ1v) is 11.2. The molecule has 1 heterocycles. The van der Waals surface area contributed by atoms with E-state index in [0.29, 0.717) is 28.3 Å². The minimum absolute atomic E-state index is 0.0917. The van der Waals surface area contributed by atoms with Crippen molar-refractivity contribution in [3.8, 4) is 5.75 Å². The first-order chi connectivity index (χ1) is 15.1.